The summed E-state index contributed by atoms with van der Waals surface area (Å²) in [5.41, 5.74) is 1.69. The average Bonchev–Trinajstić information content (AvgIpc) is 2.53. The van der Waals surface area contributed by atoms with Crippen molar-refractivity contribution in [3.05, 3.63) is 57.3 Å². The lowest BCUT2D eigenvalue weighted by Gasteiger charge is -2.00. The van der Waals surface area contributed by atoms with E-state index in [1.165, 1.54) is 6.07 Å². The number of hydrogen-bond acceptors (Lipinski definition) is 1. The fourth-order valence-electron chi connectivity index (χ4n) is 1.52. The van der Waals surface area contributed by atoms with Gasteiger partial charge >= 0.3 is 0 Å². The van der Waals surface area contributed by atoms with Crippen LogP contribution in [0.3, 0.4) is 0 Å². The Morgan fingerprint density at radius 3 is 2.60 bits per heavy atom. The Kier molecular flexibility index (Phi) is 2.41. The van der Waals surface area contributed by atoms with Gasteiger partial charge in [-0.15, -0.1) is 0 Å². The van der Waals surface area contributed by atoms with Crippen molar-refractivity contribution < 1.29 is 4.39 Å². The molecule has 78 valence electrons. The number of aryl methyl sites for hydroxylation is 1. The van der Waals surface area contributed by atoms with Gasteiger partial charge < -0.3 is 5.10 Å². The van der Waals surface area contributed by atoms with E-state index in [0.29, 0.717) is 17.5 Å². The van der Waals surface area contributed by atoms with Crippen LogP contribution in [0.2, 0.25) is 0 Å². The summed E-state index contributed by atoms with van der Waals surface area (Å²) in [5.74, 6) is -0.280. The van der Waals surface area contributed by atoms with Gasteiger partial charge in [-0.25, -0.2) is 4.39 Å². The van der Waals surface area contributed by atoms with Gasteiger partial charge in [-0.1, -0.05) is 18.2 Å². The van der Waals surface area contributed by atoms with E-state index in [2.05, 4.69) is 10.2 Å². The van der Waals surface area contributed by atoms with Crippen LogP contribution >= 0.6 is 0 Å². The Labute approximate surface area is 85.9 Å². The molecule has 0 bridgehead atoms. The molecule has 1 aromatic carbocycles. The van der Waals surface area contributed by atoms with Gasteiger partial charge in [0.05, 0.1) is 0 Å². The van der Waals surface area contributed by atoms with Crippen LogP contribution in [0.1, 0.15) is 16.8 Å². The van der Waals surface area contributed by atoms with Crippen LogP contribution in [0.25, 0.3) is 0 Å². The largest absolute Gasteiger partial charge is 0.302 e. The highest BCUT2D eigenvalue weighted by molar-refractivity contribution is 5.27. The maximum atomic E-state index is 13.3. The number of aromatic amines is 2. The van der Waals surface area contributed by atoms with Crippen LogP contribution in [0, 0.1) is 12.7 Å². The molecule has 0 aliphatic carbocycles. The van der Waals surface area contributed by atoms with Gasteiger partial charge in [0.25, 0.3) is 5.56 Å². The Bertz CT molecular complexity index is 527. The van der Waals surface area contributed by atoms with Gasteiger partial charge in [-0.3, -0.25) is 9.89 Å². The van der Waals surface area contributed by atoms with E-state index >= 15 is 0 Å². The van der Waals surface area contributed by atoms with Crippen molar-refractivity contribution in [1.29, 1.82) is 0 Å². The summed E-state index contributed by atoms with van der Waals surface area (Å²) in [5, 5.41) is 5.19. The number of hydrogen-bond donors (Lipinski definition) is 2. The van der Waals surface area contributed by atoms with E-state index in [4.69, 9.17) is 0 Å². The number of aromatic nitrogens is 2. The molecule has 2 aromatic rings. The molecule has 4 heteroatoms. The Hall–Kier alpha value is -1.84. The summed E-state index contributed by atoms with van der Waals surface area (Å²) < 4.78 is 13.3. The number of rotatable bonds is 2. The molecule has 0 spiro atoms. The minimum Gasteiger partial charge on any atom is -0.302 e. The normalized spacial score (nSPS) is 10.5. The fraction of sp³-hybridized carbons (Fsp3) is 0.182. The first kappa shape index (κ1) is 9.71. The zero-order chi connectivity index (χ0) is 10.8. The Morgan fingerprint density at radius 2 is 2.00 bits per heavy atom. The van der Waals surface area contributed by atoms with Gasteiger partial charge in [0.15, 0.2) is 0 Å². The lowest BCUT2D eigenvalue weighted by atomic mass is 10.1. The maximum Gasteiger partial charge on any atom is 0.267 e. The van der Waals surface area contributed by atoms with Crippen LogP contribution in [0.5, 0.6) is 0 Å². The maximum absolute atomic E-state index is 13.3. The predicted molar refractivity (Wildman–Crippen MR) is 55.4 cm³/mol. The molecule has 0 unspecified atom stereocenters. The van der Waals surface area contributed by atoms with Crippen LogP contribution in [0.15, 0.2) is 29.1 Å². The first-order chi connectivity index (χ1) is 7.18. The molecule has 2 N–H and O–H groups in total. The lowest BCUT2D eigenvalue weighted by molar-refractivity contribution is 0.613. The van der Waals surface area contributed by atoms with Crippen molar-refractivity contribution in [3.8, 4) is 0 Å². The Morgan fingerprint density at radius 1 is 1.27 bits per heavy atom. The zero-order valence-electron chi connectivity index (χ0n) is 8.30. The van der Waals surface area contributed by atoms with E-state index in [1.54, 1.807) is 25.1 Å². The third-order valence-corrected chi connectivity index (χ3v) is 2.42. The molecule has 0 fully saturated rings. The van der Waals surface area contributed by atoms with Crippen LogP contribution in [-0.4, -0.2) is 10.2 Å². The molecule has 0 aliphatic heterocycles. The molecule has 0 atom stereocenters. The molecule has 0 amide bonds. The summed E-state index contributed by atoms with van der Waals surface area (Å²) in [7, 11) is 0. The fourth-order valence-corrected chi connectivity index (χ4v) is 1.52. The van der Waals surface area contributed by atoms with Crippen LogP contribution in [-0.2, 0) is 6.42 Å². The van der Waals surface area contributed by atoms with Gasteiger partial charge in [0.1, 0.15) is 5.82 Å². The monoisotopic (exact) mass is 206 g/mol. The highest BCUT2D eigenvalue weighted by Gasteiger charge is 2.09. The van der Waals surface area contributed by atoms with E-state index in [-0.39, 0.29) is 11.4 Å². The number of benzene rings is 1. The lowest BCUT2D eigenvalue weighted by Crippen LogP contribution is -2.07. The molecule has 2 rings (SSSR count). The van der Waals surface area contributed by atoms with Crippen molar-refractivity contribution in [1.82, 2.24) is 10.2 Å². The van der Waals surface area contributed by atoms with Crippen LogP contribution < -0.4 is 5.56 Å². The third kappa shape index (κ3) is 1.83. The highest BCUT2D eigenvalue weighted by atomic mass is 19.1. The van der Waals surface area contributed by atoms with Gasteiger partial charge in [0.2, 0.25) is 0 Å². The molecule has 3 nitrogen and oxygen atoms in total. The minimum absolute atomic E-state index is 0.184. The second-order valence-electron chi connectivity index (χ2n) is 3.45. The van der Waals surface area contributed by atoms with E-state index in [9.17, 15) is 9.18 Å². The van der Waals surface area contributed by atoms with Crippen molar-refractivity contribution in [2.75, 3.05) is 0 Å². The molecular weight excluding hydrogens is 195 g/mol. The molecule has 1 heterocycles. The van der Waals surface area contributed by atoms with Crippen molar-refractivity contribution in [2.24, 2.45) is 0 Å². The zero-order valence-corrected chi connectivity index (χ0v) is 8.30. The molecule has 0 radical (unpaired) electrons. The molecule has 0 aliphatic rings. The molecule has 0 saturated heterocycles. The van der Waals surface area contributed by atoms with Crippen molar-refractivity contribution >= 4 is 0 Å². The molecule has 1 aromatic heterocycles. The second-order valence-corrected chi connectivity index (χ2v) is 3.45. The quantitative estimate of drug-likeness (QED) is 0.772. The average molecular weight is 206 g/mol. The predicted octanol–water partition coefficient (Wildman–Crippen LogP) is 1.74. The summed E-state index contributed by atoms with van der Waals surface area (Å²) in [6, 6.07) is 6.47. The first-order valence-electron chi connectivity index (χ1n) is 4.68. The third-order valence-electron chi connectivity index (χ3n) is 2.42. The van der Waals surface area contributed by atoms with E-state index < -0.39 is 0 Å². The number of nitrogens with one attached hydrogen (secondary N) is 2. The van der Waals surface area contributed by atoms with E-state index in [0.717, 1.165) is 5.69 Å². The standard InChI is InChI=1S/C11H11FN2O/c1-7-9(11(15)14-13-7)6-8-4-2-3-5-10(8)12/h2-5H,6H2,1H3,(H2,13,14,15). The summed E-state index contributed by atoms with van der Waals surface area (Å²) in [4.78, 5) is 11.3. The van der Waals surface area contributed by atoms with Gasteiger partial charge in [0, 0.05) is 17.7 Å². The molecule has 0 saturated carbocycles. The van der Waals surface area contributed by atoms with Crippen LogP contribution in [0.4, 0.5) is 4.39 Å². The first-order valence-corrected chi connectivity index (χ1v) is 4.68. The topological polar surface area (TPSA) is 48.6 Å². The van der Waals surface area contributed by atoms with E-state index in [1.807, 2.05) is 0 Å². The van der Waals surface area contributed by atoms with Gasteiger partial charge in [-0.2, -0.15) is 0 Å². The summed E-state index contributed by atoms with van der Waals surface area (Å²) in [6.45, 7) is 1.79. The molecule has 15 heavy (non-hydrogen) atoms. The summed E-state index contributed by atoms with van der Waals surface area (Å²) in [6.07, 6.45) is 0.317. The Balaban J connectivity index is 2.38. The number of H-pyrrole nitrogens is 2. The molecular formula is C11H11FN2O. The summed E-state index contributed by atoms with van der Waals surface area (Å²) >= 11 is 0. The minimum atomic E-state index is -0.280. The van der Waals surface area contributed by atoms with Crippen molar-refractivity contribution in [2.45, 2.75) is 13.3 Å². The second kappa shape index (κ2) is 3.73. The smallest absolute Gasteiger partial charge is 0.267 e. The SMILES string of the molecule is Cc1[nH][nH]c(=O)c1Cc1ccccc1F. The van der Waals surface area contributed by atoms with Crippen molar-refractivity contribution in [3.63, 3.8) is 0 Å². The number of halogens is 1. The van der Waals surface area contributed by atoms with Gasteiger partial charge in [-0.05, 0) is 18.6 Å². The highest BCUT2D eigenvalue weighted by Crippen LogP contribution is 2.11.